The van der Waals surface area contributed by atoms with Crippen molar-refractivity contribution in [3.63, 3.8) is 0 Å². The molecule has 23 heavy (non-hydrogen) atoms. The van der Waals surface area contributed by atoms with Gasteiger partial charge in [-0.2, -0.15) is 0 Å². The van der Waals surface area contributed by atoms with Crippen molar-refractivity contribution in [2.75, 3.05) is 21.3 Å². The van der Waals surface area contributed by atoms with Gasteiger partial charge in [0.1, 0.15) is 0 Å². The normalized spacial score (nSPS) is 13.8. The van der Waals surface area contributed by atoms with Crippen LogP contribution in [0.15, 0.2) is 12.2 Å². The van der Waals surface area contributed by atoms with E-state index in [2.05, 4.69) is 26.0 Å². The maximum Gasteiger partial charge on any atom is 0.282 e. The van der Waals surface area contributed by atoms with Crippen molar-refractivity contribution in [3.8, 4) is 0 Å². The summed E-state index contributed by atoms with van der Waals surface area (Å²) in [5.41, 5.74) is 0. The fourth-order valence-corrected chi connectivity index (χ4v) is 2.90. The number of hydrogen-bond acceptors (Lipinski definition) is 3. The van der Waals surface area contributed by atoms with E-state index < -0.39 is 5.97 Å². The minimum absolute atomic E-state index is 0.734. The van der Waals surface area contributed by atoms with Gasteiger partial charge in [0, 0.05) is 27.8 Å². The first kappa shape index (κ1) is 22.6. The average molecular weight is 329 g/mol. The molecule has 0 aromatic carbocycles. The summed E-state index contributed by atoms with van der Waals surface area (Å²) in [5, 5.41) is 0. The summed E-state index contributed by atoms with van der Waals surface area (Å²) in [5.74, 6) is -0.124. The molecule has 138 valence electrons. The van der Waals surface area contributed by atoms with Crippen molar-refractivity contribution < 1.29 is 14.2 Å². The predicted octanol–water partition coefficient (Wildman–Crippen LogP) is 6.08. The number of ether oxygens (including phenoxy) is 3. The molecule has 1 unspecified atom stereocenters. The summed E-state index contributed by atoms with van der Waals surface area (Å²) in [6.45, 7) is 4.55. The summed E-state index contributed by atoms with van der Waals surface area (Å²) in [7, 11) is 4.89. The van der Waals surface area contributed by atoms with Crippen LogP contribution in [0.1, 0.15) is 84.5 Å². The lowest BCUT2D eigenvalue weighted by atomic mass is 9.97. The van der Waals surface area contributed by atoms with Crippen LogP contribution in [-0.2, 0) is 14.2 Å². The van der Waals surface area contributed by atoms with Gasteiger partial charge in [0.15, 0.2) is 0 Å². The minimum Gasteiger partial charge on any atom is -0.331 e. The molecule has 1 atom stereocenters. The highest BCUT2D eigenvalue weighted by molar-refractivity contribution is 4.87. The molecule has 0 rings (SSSR count). The van der Waals surface area contributed by atoms with Crippen LogP contribution in [0.2, 0.25) is 0 Å². The third-order valence-corrected chi connectivity index (χ3v) is 4.65. The van der Waals surface area contributed by atoms with Crippen molar-refractivity contribution in [1.29, 1.82) is 0 Å². The van der Waals surface area contributed by atoms with Crippen LogP contribution >= 0.6 is 0 Å². The molecule has 0 amide bonds. The number of unbranched alkanes of at least 4 members (excludes halogenated alkanes) is 6. The quantitative estimate of drug-likeness (QED) is 0.195. The maximum absolute atomic E-state index is 5.32. The molecule has 3 nitrogen and oxygen atoms in total. The topological polar surface area (TPSA) is 27.7 Å². The Kier molecular flexibility index (Phi) is 14.9. The van der Waals surface area contributed by atoms with Crippen LogP contribution in [0.3, 0.4) is 0 Å². The lowest BCUT2D eigenvalue weighted by molar-refractivity contribution is -0.355. The van der Waals surface area contributed by atoms with Crippen molar-refractivity contribution in [1.82, 2.24) is 0 Å². The van der Waals surface area contributed by atoms with E-state index in [1.807, 2.05) is 0 Å². The number of hydrogen-bond donors (Lipinski definition) is 0. The van der Waals surface area contributed by atoms with Gasteiger partial charge in [-0.05, 0) is 38.0 Å². The molecule has 0 fully saturated rings. The lowest BCUT2D eigenvalue weighted by Gasteiger charge is -2.28. The number of allylic oxidation sites excluding steroid dienone is 2. The van der Waals surface area contributed by atoms with Gasteiger partial charge in [0.25, 0.3) is 5.97 Å². The Morgan fingerprint density at radius 1 is 0.826 bits per heavy atom. The molecular weight excluding hydrogens is 288 g/mol. The standard InChI is InChI=1S/C20H40O3/c1-6-8-9-10-11-13-16-19(7-2)17-14-12-15-18-20(21-3,22-4)23-5/h13,16,19H,6-12,14-15,17-18H2,1-5H3. The molecule has 0 aliphatic carbocycles. The average Bonchev–Trinajstić information content (AvgIpc) is 2.59. The second kappa shape index (κ2) is 15.2. The van der Waals surface area contributed by atoms with E-state index >= 15 is 0 Å². The molecule has 0 heterocycles. The first-order valence-electron chi connectivity index (χ1n) is 9.50. The van der Waals surface area contributed by atoms with E-state index in [4.69, 9.17) is 14.2 Å². The van der Waals surface area contributed by atoms with E-state index in [1.165, 1.54) is 57.8 Å². The van der Waals surface area contributed by atoms with Gasteiger partial charge in [0.05, 0.1) is 0 Å². The Balaban J connectivity index is 3.80. The zero-order valence-electron chi connectivity index (χ0n) is 16.2. The van der Waals surface area contributed by atoms with Gasteiger partial charge >= 0.3 is 0 Å². The van der Waals surface area contributed by atoms with E-state index in [0.29, 0.717) is 0 Å². The summed E-state index contributed by atoms with van der Waals surface area (Å²) >= 11 is 0. The van der Waals surface area contributed by atoms with Crippen LogP contribution in [-0.4, -0.2) is 27.3 Å². The Labute approximate surface area is 144 Å². The lowest BCUT2D eigenvalue weighted by Crippen LogP contribution is -2.35. The highest BCUT2D eigenvalue weighted by Gasteiger charge is 2.28. The second-order valence-corrected chi connectivity index (χ2v) is 6.34. The molecule has 0 aromatic heterocycles. The molecular formula is C20H40O3. The highest BCUT2D eigenvalue weighted by atomic mass is 16.9. The van der Waals surface area contributed by atoms with Crippen LogP contribution < -0.4 is 0 Å². The van der Waals surface area contributed by atoms with Crippen LogP contribution in [0.4, 0.5) is 0 Å². The molecule has 0 bridgehead atoms. The van der Waals surface area contributed by atoms with E-state index in [9.17, 15) is 0 Å². The molecule has 0 aliphatic heterocycles. The van der Waals surface area contributed by atoms with Crippen LogP contribution in [0, 0.1) is 5.92 Å². The maximum atomic E-state index is 5.32. The summed E-state index contributed by atoms with van der Waals surface area (Å²) < 4.78 is 16.0. The van der Waals surface area contributed by atoms with Gasteiger partial charge in [0.2, 0.25) is 0 Å². The van der Waals surface area contributed by atoms with Gasteiger partial charge < -0.3 is 14.2 Å². The Morgan fingerprint density at radius 3 is 2.04 bits per heavy atom. The van der Waals surface area contributed by atoms with Crippen molar-refractivity contribution >= 4 is 0 Å². The van der Waals surface area contributed by atoms with Crippen molar-refractivity contribution in [2.45, 2.75) is 90.4 Å². The van der Waals surface area contributed by atoms with E-state index in [1.54, 1.807) is 21.3 Å². The molecule has 0 radical (unpaired) electrons. The largest absolute Gasteiger partial charge is 0.331 e. The molecule has 0 saturated carbocycles. The Morgan fingerprint density at radius 2 is 1.48 bits per heavy atom. The van der Waals surface area contributed by atoms with Gasteiger partial charge in [-0.25, -0.2) is 0 Å². The summed E-state index contributed by atoms with van der Waals surface area (Å²) in [6.07, 6.45) is 18.3. The molecule has 0 aromatic rings. The Bertz CT molecular complexity index is 264. The predicted molar refractivity (Wildman–Crippen MR) is 98.5 cm³/mol. The fourth-order valence-electron chi connectivity index (χ4n) is 2.90. The van der Waals surface area contributed by atoms with Crippen LogP contribution in [0.25, 0.3) is 0 Å². The number of methoxy groups -OCH3 is 3. The number of rotatable bonds is 16. The van der Waals surface area contributed by atoms with Crippen molar-refractivity contribution in [2.24, 2.45) is 5.92 Å². The van der Waals surface area contributed by atoms with E-state index in [0.717, 1.165) is 18.8 Å². The first-order valence-corrected chi connectivity index (χ1v) is 9.50. The fraction of sp³-hybridized carbons (Fsp3) is 0.900. The molecule has 0 aliphatic rings. The summed E-state index contributed by atoms with van der Waals surface area (Å²) in [4.78, 5) is 0. The molecule has 0 N–H and O–H groups in total. The smallest absolute Gasteiger partial charge is 0.282 e. The van der Waals surface area contributed by atoms with Gasteiger partial charge in [-0.3, -0.25) is 0 Å². The zero-order valence-corrected chi connectivity index (χ0v) is 16.2. The molecule has 0 spiro atoms. The first-order chi connectivity index (χ1) is 11.2. The van der Waals surface area contributed by atoms with Gasteiger partial charge in [-0.1, -0.05) is 58.1 Å². The Hall–Kier alpha value is -0.380. The van der Waals surface area contributed by atoms with Gasteiger partial charge in [-0.15, -0.1) is 0 Å². The van der Waals surface area contributed by atoms with Crippen molar-refractivity contribution in [3.05, 3.63) is 12.2 Å². The van der Waals surface area contributed by atoms with E-state index in [-0.39, 0.29) is 0 Å². The third kappa shape index (κ3) is 10.9. The third-order valence-electron chi connectivity index (χ3n) is 4.65. The SMILES string of the molecule is CCCCCCC=CC(CC)CCCCCC(OC)(OC)OC. The summed E-state index contributed by atoms with van der Waals surface area (Å²) in [6, 6.07) is 0. The monoisotopic (exact) mass is 328 g/mol. The second-order valence-electron chi connectivity index (χ2n) is 6.34. The molecule has 0 saturated heterocycles. The van der Waals surface area contributed by atoms with Crippen LogP contribution in [0.5, 0.6) is 0 Å². The molecule has 3 heteroatoms. The zero-order chi connectivity index (χ0) is 17.4. The highest BCUT2D eigenvalue weighted by Crippen LogP contribution is 2.22. The minimum atomic E-state index is -0.859.